The summed E-state index contributed by atoms with van der Waals surface area (Å²) in [5.41, 5.74) is 0. The minimum Gasteiger partial charge on any atom is -0.366 e. The van der Waals surface area contributed by atoms with Gasteiger partial charge < -0.3 is 19.9 Å². The molecule has 2 aliphatic heterocycles. The molecule has 5 heteroatoms. The highest BCUT2D eigenvalue weighted by Gasteiger charge is 2.27. The zero-order valence-corrected chi connectivity index (χ0v) is 11.5. The third kappa shape index (κ3) is 3.67. The highest BCUT2D eigenvalue weighted by atomic mass is 16.5. The lowest BCUT2D eigenvalue weighted by molar-refractivity contribution is -0.144. The third-order valence-corrected chi connectivity index (χ3v) is 3.95. The topological polar surface area (TPSA) is 44.8 Å². The second-order valence-electron chi connectivity index (χ2n) is 5.53. The lowest BCUT2D eigenvalue weighted by Gasteiger charge is -2.33. The number of ether oxygens (including phenoxy) is 1. The van der Waals surface area contributed by atoms with Gasteiger partial charge in [0.15, 0.2) is 0 Å². The summed E-state index contributed by atoms with van der Waals surface area (Å²) in [5, 5.41) is 3.20. The van der Waals surface area contributed by atoms with Gasteiger partial charge in [0, 0.05) is 26.7 Å². The van der Waals surface area contributed by atoms with Gasteiger partial charge >= 0.3 is 0 Å². The first-order valence-corrected chi connectivity index (χ1v) is 6.92. The van der Waals surface area contributed by atoms with Crippen LogP contribution in [0, 0.1) is 5.92 Å². The molecule has 0 spiro atoms. The Morgan fingerprint density at radius 3 is 2.78 bits per heavy atom. The Labute approximate surface area is 109 Å². The number of likely N-dealkylation sites (N-methyl/N-ethyl adjacent to an activating group) is 1. The summed E-state index contributed by atoms with van der Waals surface area (Å²) in [5.74, 6) is 0.771. The summed E-state index contributed by atoms with van der Waals surface area (Å²) in [4.78, 5) is 16.4. The van der Waals surface area contributed by atoms with Crippen LogP contribution >= 0.6 is 0 Å². The van der Waals surface area contributed by atoms with Crippen LogP contribution in [-0.4, -0.2) is 75.2 Å². The number of carbonyl (C=O) groups is 1. The summed E-state index contributed by atoms with van der Waals surface area (Å²) < 4.78 is 5.51. The van der Waals surface area contributed by atoms with Gasteiger partial charge in [0.05, 0.1) is 6.61 Å². The van der Waals surface area contributed by atoms with Crippen molar-refractivity contribution in [1.82, 2.24) is 15.1 Å². The number of nitrogens with zero attached hydrogens (tertiary/aromatic N) is 2. The zero-order chi connectivity index (χ0) is 13.0. The van der Waals surface area contributed by atoms with E-state index in [0.717, 1.165) is 26.2 Å². The fourth-order valence-electron chi connectivity index (χ4n) is 2.69. The molecule has 2 aliphatic rings. The van der Waals surface area contributed by atoms with E-state index < -0.39 is 0 Å². The standard InChI is InChI=1S/C13H25N3O2/c1-15-6-3-11(4-7-15)10-16(2)13(17)12-9-14-5-8-18-12/h11-12,14H,3-10H2,1-2H3. The summed E-state index contributed by atoms with van der Waals surface area (Å²) in [6, 6.07) is 0. The average Bonchev–Trinajstić information content (AvgIpc) is 2.41. The predicted molar refractivity (Wildman–Crippen MR) is 70.5 cm³/mol. The Hall–Kier alpha value is -0.650. The van der Waals surface area contributed by atoms with Crippen molar-refractivity contribution in [2.45, 2.75) is 18.9 Å². The highest BCUT2D eigenvalue weighted by molar-refractivity contribution is 5.81. The minimum absolute atomic E-state index is 0.126. The van der Waals surface area contributed by atoms with E-state index in [9.17, 15) is 4.79 Å². The van der Waals surface area contributed by atoms with Crippen LogP contribution in [0.1, 0.15) is 12.8 Å². The molecule has 2 saturated heterocycles. The van der Waals surface area contributed by atoms with Crippen LogP contribution in [0.15, 0.2) is 0 Å². The van der Waals surface area contributed by atoms with Crippen LogP contribution in [0.5, 0.6) is 0 Å². The van der Waals surface area contributed by atoms with Gasteiger partial charge in [0.2, 0.25) is 0 Å². The summed E-state index contributed by atoms with van der Waals surface area (Å²) in [6.45, 7) is 5.30. The van der Waals surface area contributed by atoms with Crippen LogP contribution in [0.4, 0.5) is 0 Å². The lowest BCUT2D eigenvalue weighted by atomic mass is 9.96. The van der Waals surface area contributed by atoms with Crippen molar-refractivity contribution in [1.29, 1.82) is 0 Å². The number of piperidine rings is 1. The van der Waals surface area contributed by atoms with Crippen LogP contribution in [-0.2, 0) is 9.53 Å². The Bertz CT molecular complexity index is 271. The SMILES string of the molecule is CN1CCC(CN(C)C(=O)C2CNCCO2)CC1. The maximum atomic E-state index is 12.2. The Morgan fingerprint density at radius 2 is 2.17 bits per heavy atom. The minimum atomic E-state index is -0.282. The van der Waals surface area contributed by atoms with Crippen molar-refractivity contribution in [2.24, 2.45) is 5.92 Å². The highest BCUT2D eigenvalue weighted by Crippen LogP contribution is 2.17. The van der Waals surface area contributed by atoms with E-state index in [1.54, 1.807) is 0 Å². The maximum absolute atomic E-state index is 12.2. The quantitative estimate of drug-likeness (QED) is 0.757. The molecule has 0 aromatic carbocycles. The molecule has 1 unspecified atom stereocenters. The van der Waals surface area contributed by atoms with E-state index in [-0.39, 0.29) is 12.0 Å². The molecule has 2 rings (SSSR count). The molecule has 0 bridgehead atoms. The van der Waals surface area contributed by atoms with Crippen LogP contribution in [0.3, 0.4) is 0 Å². The molecule has 104 valence electrons. The molecule has 1 atom stereocenters. The smallest absolute Gasteiger partial charge is 0.252 e. The number of nitrogens with one attached hydrogen (secondary N) is 1. The summed E-state index contributed by atoms with van der Waals surface area (Å²) >= 11 is 0. The number of likely N-dealkylation sites (tertiary alicyclic amines) is 1. The number of hydrogen-bond donors (Lipinski definition) is 1. The van der Waals surface area contributed by atoms with Crippen molar-refractivity contribution in [3.8, 4) is 0 Å². The van der Waals surface area contributed by atoms with Crippen molar-refractivity contribution in [3.63, 3.8) is 0 Å². The molecule has 2 fully saturated rings. The van der Waals surface area contributed by atoms with Crippen LogP contribution < -0.4 is 5.32 Å². The molecule has 2 heterocycles. The largest absolute Gasteiger partial charge is 0.366 e. The monoisotopic (exact) mass is 255 g/mol. The Morgan fingerprint density at radius 1 is 1.44 bits per heavy atom. The number of rotatable bonds is 3. The van der Waals surface area contributed by atoms with E-state index in [4.69, 9.17) is 4.74 Å². The number of morpholine rings is 1. The van der Waals surface area contributed by atoms with Gasteiger partial charge in [-0.3, -0.25) is 4.79 Å². The summed E-state index contributed by atoms with van der Waals surface area (Å²) in [7, 11) is 4.06. The van der Waals surface area contributed by atoms with E-state index in [2.05, 4.69) is 17.3 Å². The molecule has 1 N–H and O–H groups in total. The fraction of sp³-hybridized carbons (Fsp3) is 0.923. The molecule has 0 radical (unpaired) electrons. The van der Waals surface area contributed by atoms with Crippen molar-refractivity contribution in [3.05, 3.63) is 0 Å². The van der Waals surface area contributed by atoms with Gasteiger partial charge in [0.25, 0.3) is 5.91 Å². The van der Waals surface area contributed by atoms with E-state index in [0.29, 0.717) is 19.1 Å². The summed E-state index contributed by atoms with van der Waals surface area (Å²) in [6.07, 6.45) is 2.10. The molecule has 0 aliphatic carbocycles. The predicted octanol–water partition coefficient (Wildman–Crippen LogP) is -0.225. The number of amides is 1. The molecule has 5 nitrogen and oxygen atoms in total. The Balaban J connectivity index is 1.76. The first-order valence-electron chi connectivity index (χ1n) is 6.92. The number of hydrogen-bond acceptors (Lipinski definition) is 4. The molecule has 1 amide bonds. The third-order valence-electron chi connectivity index (χ3n) is 3.95. The normalized spacial score (nSPS) is 27.1. The van der Waals surface area contributed by atoms with E-state index in [1.807, 2.05) is 11.9 Å². The molecule has 0 saturated carbocycles. The van der Waals surface area contributed by atoms with E-state index >= 15 is 0 Å². The molecular weight excluding hydrogens is 230 g/mol. The van der Waals surface area contributed by atoms with Gasteiger partial charge in [-0.2, -0.15) is 0 Å². The van der Waals surface area contributed by atoms with Crippen molar-refractivity contribution >= 4 is 5.91 Å². The van der Waals surface area contributed by atoms with Crippen LogP contribution in [0.25, 0.3) is 0 Å². The maximum Gasteiger partial charge on any atom is 0.252 e. The first-order chi connectivity index (χ1) is 8.66. The van der Waals surface area contributed by atoms with Gasteiger partial charge in [-0.05, 0) is 38.9 Å². The van der Waals surface area contributed by atoms with Crippen molar-refractivity contribution in [2.75, 3.05) is 53.4 Å². The van der Waals surface area contributed by atoms with Crippen molar-refractivity contribution < 1.29 is 9.53 Å². The molecule has 0 aromatic rings. The van der Waals surface area contributed by atoms with Gasteiger partial charge in [0.1, 0.15) is 6.10 Å². The van der Waals surface area contributed by atoms with Crippen LogP contribution in [0.2, 0.25) is 0 Å². The lowest BCUT2D eigenvalue weighted by Crippen LogP contribution is -2.49. The van der Waals surface area contributed by atoms with Gasteiger partial charge in [-0.1, -0.05) is 0 Å². The van der Waals surface area contributed by atoms with E-state index in [1.165, 1.54) is 12.8 Å². The Kier molecular flexibility index (Phi) is 4.97. The van der Waals surface area contributed by atoms with Gasteiger partial charge in [-0.15, -0.1) is 0 Å². The fourth-order valence-corrected chi connectivity index (χ4v) is 2.69. The molecular formula is C13H25N3O2. The molecule has 0 aromatic heterocycles. The average molecular weight is 255 g/mol. The first kappa shape index (κ1) is 13.8. The zero-order valence-electron chi connectivity index (χ0n) is 11.5. The second kappa shape index (κ2) is 6.50. The second-order valence-corrected chi connectivity index (χ2v) is 5.53. The molecule has 18 heavy (non-hydrogen) atoms. The number of carbonyl (C=O) groups excluding carboxylic acids is 1. The van der Waals surface area contributed by atoms with Gasteiger partial charge in [-0.25, -0.2) is 0 Å².